The Hall–Kier alpha value is -1.69. The molecule has 0 aliphatic carbocycles. The minimum Gasteiger partial charge on any atom is -0.481 e. The number of aliphatic hydroxyl groups is 1. The number of hydrogen-bond donors (Lipinski definition) is 2. The molecule has 0 aliphatic heterocycles. The minimum atomic E-state index is -1.24. The second-order valence-electron chi connectivity index (χ2n) is 3.10. The average molecular weight is 230 g/mol. The number of Topliss-reactive ketones (excluding diaryl/α,β-unsaturated/α-hetero) is 1. The van der Waals surface area contributed by atoms with Gasteiger partial charge in [-0.15, -0.1) is 0 Å². The van der Waals surface area contributed by atoms with Crippen molar-refractivity contribution in [3.63, 3.8) is 0 Å². The van der Waals surface area contributed by atoms with Crippen LogP contribution in [0.1, 0.15) is 19.3 Å². The van der Waals surface area contributed by atoms with Crippen molar-refractivity contribution >= 4 is 17.7 Å². The van der Waals surface area contributed by atoms with Gasteiger partial charge in [0.05, 0.1) is 6.61 Å². The Morgan fingerprint density at radius 3 is 2.31 bits per heavy atom. The lowest BCUT2D eigenvalue weighted by Crippen LogP contribution is -2.14. The predicted octanol–water partition coefficient (Wildman–Crippen LogP) is -0.0979. The van der Waals surface area contributed by atoms with Gasteiger partial charge in [0, 0.05) is 25.0 Å². The maximum atomic E-state index is 11.1. The van der Waals surface area contributed by atoms with Crippen molar-refractivity contribution in [3.8, 4) is 0 Å². The van der Waals surface area contributed by atoms with Crippen molar-refractivity contribution in [2.75, 3.05) is 13.2 Å². The van der Waals surface area contributed by atoms with Crippen molar-refractivity contribution in [1.82, 2.24) is 0 Å². The SMILES string of the molecule is C=C(CC(=O)CC(=O)O)C(=O)OCCCO. The van der Waals surface area contributed by atoms with Gasteiger partial charge in [-0.3, -0.25) is 9.59 Å². The Morgan fingerprint density at radius 1 is 1.19 bits per heavy atom. The molecular formula is C10H14O6. The minimum absolute atomic E-state index is 0.0431. The fraction of sp³-hybridized carbons (Fsp3) is 0.500. The summed E-state index contributed by atoms with van der Waals surface area (Å²) in [6.07, 6.45) is -0.657. The highest BCUT2D eigenvalue weighted by Crippen LogP contribution is 2.04. The van der Waals surface area contributed by atoms with E-state index in [-0.39, 0.29) is 25.2 Å². The Kier molecular flexibility index (Phi) is 6.78. The standard InChI is InChI=1S/C10H14O6/c1-7(5-8(12)6-9(13)14)10(15)16-4-2-3-11/h11H,1-6H2,(H,13,14). The topological polar surface area (TPSA) is 101 Å². The van der Waals surface area contributed by atoms with E-state index in [9.17, 15) is 14.4 Å². The summed E-state index contributed by atoms with van der Waals surface area (Å²) >= 11 is 0. The first-order valence-corrected chi connectivity index (χ1v) is 4.66. The number of ether oxygens (including phenoxy) is 1. The van der Waals surface area contributed by atoms with Gasteiger partial charge < -0.3 is 14.9 Å². The maximum absolute atomic E-state index is 11.1. The third-order valence-electron chi connectivity index (χ3n) is 1.58. The summed E-state index contributed by atoms with van der Waals surface area (Å²) in [5, 5.41) is 16.7. The van der Waals surface area contributed by atoms with Crippen LogP contribution in [0.4, 0.5) is 0 Å². The zero-order valence-electron chi connectivity index (χ0n) is 8.77. The maximum Gasteiger partial charge on any atom is 0.333 e. The van der Waals surface area contributed by atoms with E-state index in [4.69, 9.17) is 10.2 Å². The van der Waals surface area contributed by atoms with Crippen molar-refractivity contribution < 1.29 is 29.3 Å². The molecule has 0 aromatic carbocycles. The van der Waals surface area contributed by atoms with E-state index in [2.05, 4.69) is 11.3 Å². The first kappa shape index (κ1) is 14.3. The molecule has 0 atom stereocenters. The van der Waals surface area contributed by atoms with Crippen LogP contribution in [0.25, 0.3) is 0 Å². The molecule has 0 unspecified atom stereocenters. The quantitative estimate of drug-likeness (QED) is 0.261. The Balaban J connectivity index is 3.91. The number of carbonyl (C=O) groups is 3. The number of hydrogen-bond acceptors (Lipinski definition) is 5. The van der Waals surface area contributed by atoms with Crippen LogP contribution in [0.3, 0.4) is 0 Å². The van der Waals surface area contributed by atoms with Crippen LogP contribution in [0.5, 0.6) is 0 Å². The molecule has 0 saturated carbocycles. The third-order valence-corrected chi connectivity index (χ3v) is 1.58. The van der Waals surface area contributed by atoms with Gasteiger partial charge in [0.15, 0.2) is 0 Å². The number of esters is 1. The molecule has 0 spiro atoms. The van der Waals surface area contributed by atoms with Crippen LogP contribution < -0.4 is 0 Å². The van der Waals surface area contributed by atoms with Gasteiger partial charge in [0.2, 0.25) is 0 Å². The smallest absolute Gasteiger partial charge is 0.333 e. The van der Waals surface area contributed by atoms with Crippen LogP contribution in [-0.4, -0.2) is 41.1 Å². The van der Waals surface area contributed by atoms with Crippen LogP contribution in [0, 0.1) is 0 Å². The highest BCUT2D eigenvalue weighted by atomic mass is 16.5. The van der Waals surface area contributed by atoms with E-state index in [1.807, 2.05) is 0 Å². The van der Waals surface area contributed by atoms with Crippen LogP contribution in [0.2, 0.25) is 0 Å². The molecule has 0 saturated heterocycles. The van der Waals surface area contributed by atoms with Gasteiger partial charge in [-0.25, -0.2) is 4.79 Å². The summed E-state index contributed by atoms with van der Waals surface area (Å²) in [5.41, 5.74) is -0.0795. The molecule has 0 fully saturated rings. The summed E-state index contributed by atoms with van der Waals surface area (Å²) in [5.74, 6) is -2.59. The van der Waals surface area contributed by atoms with Gasteiger partial charge in [0.1, 0.15) is 12.2 Å². The van der Waals surface area contributed by atoms with Crippen molar-refractivity contribution in [1.29, 1.82) is 0 Å². The Bertz CT molecular complexity index is 294. The highest BCUT2D eigenvalue weighted by Gasteiger charge is 2.15. The lowest BCUT2D eigenvalue weighted by atomic mass is 10.1. The first-order chi connectivity index (χ1) is 7.47. The van der Waals surface area contributed by atoms with Crippen molar-refractivity contribution in [2.24, 2.45) is 0 Å². The van der Waals surface area contributed by atoms with E-state index in [0.717, 1.165) is 0 Å². The summed E-state index contributed by atoms with van der Waals surface area (Å²) < 4.78 is 4.65. The summed E-state index contributed by atoms with van der Waals surface area (Å²) in [4.78, 5) is 32.3. The van der Waals surface area contributed by atoms with Crippen LogP contribution in [-0.2, 0) is 19.1 Å². The molecule has 0 radical (unpaired) electrons. The lowest BCUT2D eigenvalue weighted by Gasteiger charge is -2.05. The van der Waals surface area contributed by atoms with Gasteiger partial charge >= 0.3 is 11.9 Å². The molecule has 0 heterocycles. The van der Waals surface area contributed by atoms with Crippen LogP contribution in [0.15, 0.2) is 12.2 Å². The molecule has 0 aromatic heterocycles. The highest BCUT2D eigenvalue weighted by molar-refractivity contribution is 6.01. The molecular weight excluding hydrogens is 216 g/mol. The molecule has 0 rings (SSSR count). The second kappa shape index (κ2) is 7.58. The number of aliphatic carboxylic acids is 1. The zero-order chi connectivity index (χ0) is 12.6. The Morgan fingerprint density at radius 2 is 1.81 bits per heavy atom. The molecule has 6 nitrogen and oxygen atoms in total. The summed E-state index contributed by atoms with van der Waals surface area (Å²) in [6.45, 7) is 3.27. The average Bonchev–Trinajstić information content (AvgIpc) is 2.16. The molecule has 0 aromatic rings. The van der Waals surface area contributed by atoms with E-state index < -0.39 is 24.1 Å². The van der Waals surface area contributed by atoms with E-state index in [1.54, 1.807) is 0 Å². The largest absolute Gasteiger partial charge is 0.481 e. The van der Waals surface area contributed by atoms with E-state index in [1.165, 1.54) is 0 Å². The number of carboxylic acids is 1. The van der Waals surface area contributed by atoms with Crippen molar-refractivity contribution in [3.05, 3.63) is 12.2 Å². The number of carbonyl (C=O) groups excluding carboxylic acids is 2. The first-order valence-electron chi connectivity index (χ1n) is 4.66. The van der Waals surface area contributed by atoms with Gasteiger partial charge in [-0.2, -0.15) is 0 Å². The van der Waals surface area contributed by atoms with Gasteiger partial charge in [0.25, 0.3) is 0 Å². The molecule has 0 amide bonds. The summed E-state index contributed by atoms with van der Waals surface area (Å²) in [6, 6.07) is 0. The zero-order valence-corrected chi connectivity index (χ0v) is 8.77. The normalized spacial score (nSPS) is 9.56. The number of rotatable bonds is 8. The lowest BCUT2D eigenvalue weighted by molar-refractivity contribution is -0.142. The molecule has 16 heavy (non-hydrogen) atoms. The third kappa shape index (κ3) is 6.72. The fourth-order valence-corrected chi connectivity index (χ4v) is 0.873. The number of aliphatic hydroxyl groups excluding tert-OH is 1. The monoisotopic (exact) mass is 230 g/mol. The summed E-state index contributed by atoms with van der Waals surface area (Å²) in [7, 11) is 0. The second-order valence-corrected chi connectivity index (χ2v) is 3.10. The van der Waals surface area contributed by atoms with Crippen molar-refractivity contribution in [2.45, 2.75) is 19.3 Å². The van der Waals surface area contributed by atoms with E-state index >= 15 is 0 Å². The fourth-order valence-electron chi connectivity index (χ4n) is 0.873. The molecule has 0 aliphatic rings. The van der Waals surface area contributed by atoms with Crippen LogP contribution >= 0.6 is 0 Å². The predicted molar refractivity (Wildman–Crippen MR) is 53.7 cm³/mol. The Labute approximate surface area is 92.5 Å². The molecule has 2 N–H and O–H groups in total. The molecule has 6 heteroatoms. The number of ketones is 1. The number of carboxylic acid groups (broad SMARTS) is 1. The molecule has 90 valence electrons. The van der Waals surface area contributed by atoms with Gasteiger partial charge in [-0.05, 0) is 0 Å². The van der Waals surface area contributed by atoms with Gasteiger partial charge in [-0.1, -0.05) is 6.58 Å². The molecule has 0 bridgehead atoms. The van der Waals surface area contributed by atoms with E-state index in [0.29, 0.717) is 6.42 Å².